The molecule has 0 spiro atoms. The molecule has 2 heteroatoms. The topological polar surface area (TPSA) is 29.1 Å². The summed E-state index contributed by atoms with van der Waals surface area (Å²) in [7, 11) is 0. The lowest BCUT2D eigenvalue weighted by molar-refractivity contribution is -0.119. The van der Waals surface area contributed by atoms with Crippen molar-refractivity contribution in [1.29, 1.82) is 0 Å². The third-order valence-corrected chi connectivity index (χ3v) is 3.47. The van der Waals surface area contributed by atoms with Crippen LogP contribution in [0.15, 0.2) is 0 Å². The van der Waals surface area contributed by atoms with Crippen molar-refractivity contribution in [2.24, 2.45) is 17.8 Å². The number of hydrogen-bond donors (Lipinski definition) is 1. The molecule has 1 aliphatic carbocycles. The molecule has 1 rings (SSSR count). The smallest absolute Gasteiger partial charge is 0.216 e. The zero-order valence-corrected chi connectivity index (χ0v) is 9.68. The van der Waals surface area contributed by atoms with E-state index in [1.165, 1.54) is 25.7 Å². The molecule has 1 amide bonds. The first-order chi connectivity index (χ1) is 6.59. The normalized spacial score (nSPS) is 27.7. The second-order valence-corrected chi connectivity index (χ2v) is 4.96. The minimum Gasteiger partial charge on any atom is -0.356 e. The van der Waals surface area contributed by atoms with E-state index in [2.05, 4.69) is 19.2 Å². The molecule has 0 aliphatic heterocycles. The molecule has 0 bridgehead atoms. The molecule has 0 saturated heterocycles. The number of carbonyl (C=O) groups excluding carboxylic acids is 1. The van der Waals surface area contributed by atoms with E-state index in [0.717, 1.165) is 24.3 Å². The summed E-state index contributed by atoms with van der Waals surface area (Å²) < 4.78 is 0. The highest BCUT2D eigenvalue weighted by Crippen LogP contribution is 2.32. The predicted molar refractivity (Wildman–Crippen MR) is 59.0 cm³/mol. The van der Waals surface area contributed by atoms with Gasteiger partial charge < -0.3 is 5.32 Å². The van der Waals surface area contributed by atoms with Crippen LogP contribution in [0.25, 0.3) is 0 Å². The molecule has 1 N–H and O–H groups in total. The Bertz CT molecular complexity index is 181. The Labute approximate surface area is 87.5 Å². The van der Waals surface area contributed by atoms with E-state index in [4.69, 9.17) is 0 Å². The summed E-state index contributed by atoms with van der Waals surface area (Å²) in [6.45, 7) is 7.12. The van der Waals surface area contributed by atoms with Crippen molar-refractivity contribution in [3.8, 4) is 0 Å². The minimum atomic E-state index is 0.107. The van der Waals surface area contributed by atoms with Crippen LogP contribution in [0.4, 0.5) is 0 Å². The quantitative estimate of drug-likeness (QED) is 0.740. The van der Waals surface area contributed by atoms with Crippen molar-refractivity contribution < 1.29 is 4.79 Å². The van der Waals surface area contributed by atoms with E-state index < -0.39 is 0 Å². The maximum Gasteiger partial charge on any atom is 0.216 e. The highest BCUT2D eigenvalue weighted by Gasteiger charge is 2.22. The van der Waals surface area contributed by atoms with Gasteiger partial charge in [0.05, 0.1) is 0 Å². The third-order valence-electron chi connectivity index (χ3n) is 3.47. The molecule has 82 valence electrons. The van der Waals surface area contributed by atoms with Crippen molar-refractivity contribution in [1.82, 2.24) is 5.32 Å². The van der Waals surface area contributed by atoms with Crippen molar-refractivity contribution in [3.63, 3.8) is 0 Å². The summed E-state index contributed by atoms with van der Waals surface area (Å²) in [6, 6.07) is 0. The molecule has 14 heavy (non-hydrogen) atoms. The fraction of sp³-hybridized carbons (Fsp3) is 0.917. The molecule has 1 fully saturated rings. The van der Waals surface area contributed by atoms with Gasteiger partial charge in [0.2, 0.25) is 5.91 Å². The lowest BCUT2D eigenvalue weighted by Crippen LogP contribution is -2.30. The van der Waals surface area contributed by atoms with Gasteiger partial charge >= 0.3 is 0 Å². The molecule has 0 heterocycles. The zero-order chi connectivity index (χ0) is 10.6. The van der Waals surface area contributed by atoms with Crippen LogP contribution in [0, 0.1) is 17.8 Å². The molecule has 0 aromatic heterocycles. The van der Waals surface area contributed by atoms with Crippen molar-refractivity contribution in [2.45, 2.75) is 46.5 Å². The van der Waals surface area contributed by atoms with Gasteiger partial charge in [0.15, 0.2) is 0 Å². The Hall–Kier alpha value is -0.530. The van der Waals surface area contributed by atoms with Gasteiger partial charge in [-0.05, 0) is 43.4 Å². The first kappa shape index (κ1) is 11.5. The van der Waals surface area contributed by atoms with Crippen LogP contribution in [0.3, 0.4) is 0 Å². The summed E-state index contributed by atoms with van der Waals surface area (Å²) in [5.41, 5.74) is 0. The van der Waals surface area contributed by atoms with Crippen LogP contribution >= 0.6 is 0 Å². The van der Waals surface area contributed by atoms with E-state index in [0.29, 0.717) is 0 Å². The van der Waals surface area contributed by atoms with Gasteiger partial charge in [-0.15, -0.1) is 0 Å². The van der Waals surface area contributed by atoms with Gasteiger partial charge in [-0.1, -0.05) is 13.8 Å². The Kier molecular flexibility index (Phi) is 4.43. The first-order valence-corrected chi connectivity index (χ1v) is 5.84. The SMILES string of the molecule is CC(=O)NC[C@H]1CC[C@H](C(C)C)CC1. The molecular weight excluding hydrogens is 174 g/mol. The summed E-state index contributed by atoms with van der Waals surface area (Å²) in [6.07, 6.45) is 5.29. The van der Waals surface area contributed by atoms with E-state index in [9.17, 15) is 4.79 Å². The maximum atomic E-state index is 10.7. The van der Waals surface area contributed by atoms with E-state index >= 15 is 0 Å². The summed E-state index contributed by atoms with van der Waals surface area (Å²) in [4.78, 5) is 10.7. The fourth-order valence-electron chi connectivity index (χ4n) is 2.35. The van der Waals surface area contributed by atoms with Crippen LogP contribution in [0.2, 0.25) is 0 Å². The molecule has 2 nitrogen and oxygen atoms in total. The monoisotopic (exact) mass is 197 g/mol. The molecule has 0 unspecified atom stereocenters. The second kappa shape index (κ2) is 5.38. The zero-order valence-electron chi connectivity index (χ0n) is 9.68. The van der Waals surface area contributed by atoms with E-state index in [1.807, 2.05) is 0 Å². The Morgan fingerprint density at radius 3 is 2.29 bits per heavy atom. The average molecular weight is 197 g/mol. The highest BCUT2D eigenvalue weighted by atomic mass is 16.1. The Morgan fingerprint density at radius 2 is 1.86 bits per heavy atom. The number of nitrogens with one attached hydrogen (secondary N) is 1. The number of rotatable bonds is 3. The predicted octanol–water partition coefficient (Wildman–Crippen LogP) is 2.58. The van der Waals surface area contributed by atoms with Gasteiger partial charge in [-0.25, -0.2) is 0 Å². The van der Waals surface area contributed by atoms with Crippen molar-refractivity contribution >= 4 is 5.91 Å². The minimum absolute atomic E-state index is 0.107. The van der Waals surface area contributed by atoms with Gasteiger partial charge in [-0.3, -0.25) is 4.79 Å². The van der Waals surface area contributed by atoms with E-state index in [1.54, 1.807) is 6.92 Å². The summed E-state index contributed by atoms with van der Waals surface area (Å²) in [5.74, 6) is 2.59. The van der Waals surface area contributed by atoms with Crippen LogP contribution in [-0.2, 0) is 4.79 Å². The van der Waals surface area contributed by atoms with Gasteiger partial charge in [0.25, 0.3) is 0 Å². The first-order valence-electron chi connectivity index (χ1n) is 5.84. The lowest BCUT2D eigenvalue weighted by Gasteiger charge is -2.30. The maximum absolute atomic E-state index is 10.7. The van der Waals surface area contributed by atoms with Crippen molar-refractivity contribution in [3.05, 3.63) is 0 Å². The molecule has 0 aromatic rings. The van der Waals surface area contributed by atoms with Gasteiger partial charge in [-0.2, -0.15) is 0 Å². The van der Waals surface area contributed by atoms with Crippen LogP contribution < -0.4 is 5.32 Å². The summed E-state index contributed by atoms with van der Waals surface area (Å²) in [5, 5.41) is 2.92. The molecule has 1 aliphatic rings. The lowest BCUT2D eigenvalue weighted by atomic mass is 9.77. The highest BCUT2D eigenvalue weighted by molar-refractivity contribution is 5.72. The largest absolute Gasteiger partial charge is 0.356 e. The third kappa shape index (κ3) is 3.69. The van der Waals surface area contributed by atoms with Crippen LogP contribution in [-0.4, -0.2) is 12.5 Å². The number of amides is 1. The molecule has 0 radical (unpaired) electrons. The van der Waals surface area contributed by atoms with E-state index in [-0.39, 0.29) is 5.91 Å². The molecule has 0 atom stereocenters. The fourth-order valence-corrected chi connectivity index (χ4v) is 2.35. The number of hydrogen-bond acceptors (Lipinski definition) is 1. The molecular formula is C12H23NO. The van der Waals surface area contributed by atoms with Gasteiger partial charge in [0.1, 0.15) is 0 Å². The summed E-state index contributed by atoms with van der Waals surface area (Å²) >= 11 is 0. The average Bonchev–Trinajstić information content (AvgIpc) is 2.15. The standard InChI is InChI=1S/C12H23NO/c1-9(2)12-6-4-11(5-7-12)8-13-10(3)14/h9,11-12H,4-8H2,1-3H3,(H,13,14)/t11-,12-. The van der Waals surface area contributed by atoms with Crippen LogP contribution in [0.5, 0.6) is 0 Å². The Morgan fingerprint density at radius 1 is 1.29 bits per heavy atom. The molecule has 0 aromatic carbocycles. The molecule has 1 saturated carbocycles. The van der Waals surface area contributed by atoms with Gasteiger partial charge in [0, 0.05) is 13.5 Å². The second-order valence-electron chi connectivity index (χ2n) is 4.96. The van der Waals surface area contributed by atoms with Crippen molar-refractivity contribution in [2.75, 3.05) is 6.54 Å². The number of carbonyl (C=O) groups is 1. The Balaban J connectivity index is 2.19. The van der Waals surface area contributed by atoms with Crippen LogP contribution in [0.1, 0.15) is 46.5 Å².